The first kappa shape index (κ1) is 8.02. The molecule has 1 fully saturated rings. The zero-order valence-corrected chi connectivity index (χ0v) is 6.80. The monoisotopic (exact) mass is 143 g/mol. The molecule has 0 aliphatic heterocycles. The van der Waals surface area contributed by atoms with Crippen molar-refractivity contribution >= 4 is 0 Å². The Bertz CT molecular complexity index is 101. The Morgan fingerprint density at radius 3 is 2.60 bits per heavy atom. The van der Waals surface area contributed by atoms with Gasteiger partial charge in [-0.1, -0.05) is 6.92 Å². The van der Waals surface area contributed by atoms with Crippen LogP contribution in [-0.2, 0) is 0 Å². The molecule has 2 atom stereocenters. The van der Waals surface area contributed by atoms with E-state index in [1.54, 1.807) is 0 Å². The van der Waals surface area contributed by atoms with E-state index in [0.717, 1.165) is 6.54 Å². The van der Waals surface area contributed by atoms with Crippen LogP contribution in [-0.4, -0.2) is 23.8 Å². The lowest BCUT2D eigenvalue weighted by atomic mass is 10.1. The average Bonchev–Trinajstić information content (AvgIpc) is 2.68. The maximum atomic E-state index is 9.53. The van der Waals surface area contributed by atoms with Crippen LogP contribution in [0.25, 0.3) is 0 Å². The van der Waals surface area contributed by atoms with Crippen molar-refractivity contribution in [3.05, 3.63) is 0 Å². The topological polar surface area (TPSA) is 32.3 Å². The fourth-order valence-electron chi connectivity index (χ4n) is 1.29. The van der Waals surface area contributed by atoms with Crippen molar-refractivity contribution in [2.24, 2.45) is 5.92 Å². The molecule has 1 aliphatic rings. The number of aliphatic hydroxyl groups is 1. The van der Waals surface area contributed by atoms with Gasteiger partial charge in [0.05, 0.1) is 6.10 Å². The molecule has 1 rings (SSSR count). The number of aliphatic hydroxyl groups excluding tert-OH is 1. The molecule has 0 spiro atoms. The Morgan fingerprint density at radius 1 is 1.60 bits per heavy atom. The molecule has 0 aromatic heterocycles. The van der Waals surface area contributed by atoms with Gasteiger partial charge < -0.3 is 10.4 Å². The smallest absolute Gasteiger partial charge is 0.0718 e. The van der Waals surface area contributed by atoms with Crippen LogP contribution >= 0.6 is 0 Å². The highest BCUT2D eigenvalue weighted by atomic mass is 16.3. The van der Waals surface area contributed by atoms with E-state index in [1.807, 2.05) is 6.92 Å². The second-order valence-corrected chi connectivity index (χ2v) is 3.17. The zero-order chi connectivity index (χ0) is 7.56. The molecule has 2 N–H and O–H groups in total. The number of nitrogens with one attached hydrogen (secondary N) is 1. The molecule has 0 aromatic rings. The lowest BCUT2D eigenvalue weighted by Gasteiger charge is -2.18. The van der Waals surface area contributed by atoms with Crippen LogP contribution in [0.1, 0.15) is 26.7 Å². The number of hydrogen-bond acceptors (Lipinski definition) is 2. The van der Waals surface area contributed by atoms with E-state index >= 15 is 0 Å². The van der Waals surface area contributed by atoms with Crippen LogP contribution in [0.2, 0.25) is 0 Å². The maximum Gasteiger partial charge on any atom is 0.0718 e. The van der Waals surface area contributed by atoms with Gasteiger partial charge in [0.15, 0.2) is 0 Å². The summed E-state index contributed by atoms with van der Waals surface area (Å²) in [6.45, 7) is 5.06. The quantitative estimate of drug-likeness (QED) is 0.609. The van der Waals surface area contributed by atoms with Crippen molar-refractivity contribution in [1.82, 2.24) is 5.32 Å². The van der Waals surface area contributed by atoms with Crippen LogP contribution in [0.5, 0.6) is 0 Å². The molecule has 0 aromatic carbocycles. The number of rotatable bonds is 4. The summed E-state index contributed by atoms with van der Waals surface area (Å²) in [6, 6.07) is 0.275. The molecule has 60 valence electrons. The molecule has 0 heterocycles. The highest BCUT2D eigenvalue weighted by molar-refractivity contribution is 4.86. The van der Waals surface area contributed by atoms with Crippen LogP contribution < -0.4 is 5.32 Å². The SMILES string of the molecule is CCNC(C)C(O)C1CC1. The molecule has 1 aliphatic carbocycles. The summed E-state index contributed by atoms with van der Waals surface area (Å²) in [5, 5.41) is 12.7. The van der Waals surface area contributed by atoms with Gasteiger partial charge in [0.2, 0.25) is 0 Å². The van der Waals surface area contributed by atoms with Gasteiger partial charge in [0, 0.05) is 6.04 Å². The zero-order valence-electron chi connectivity index (χ0n) is 6.80. The van der Waals surface area contributed by atoms with E-state index in [9.17, 15) is 5.11 Å². The summed E-state index contributed by atoms with van der Waals surface area (Å²) in [4.78, 5) is 0. The van der Waals surface area contributed by atoms with E-state index < -0.39 is 0 Å². The molecule has 0 radical (unpaired) electrons. The summed E-state index contributed by atoms with van der Waals surface area (Å²) in [7, 11) is 0. The third-order valence-corrected chi connectivity index (χ3v) is 2.14. The fourth-order valence-corrected chi connectivity index (χ4v) is 1.29. The van der Waals surface area contributed by atoms with E-state index in [-0.39, 0.29) is 12.1 Å². The van der Waals surface area contributed by atoms with Crippen molar-refractivity contribution in [3.63, 3.8) is 0 Å². The Morgan fingerprint density at radius 2 is 2.20 bits per heavy atom. The van der Waals surface area contributed by atoms with Crippen LogP contribution in [0.3, 0.4) is 0 Å². The highest BCUT2D eigenvalue weighted by Gasteiger charge is 2.32. The molecule has 0 saturated heterocycles. The lowest BCUT2D eigenvalue weighted by Crippen LogP contribution is -2.38. The van der Waals surface area contributed by atoms with Gasteiger partial charge >= 0.3 is 0 Å². The summed E-state index contributed by atoms with van der Waals surface area (Å²) >= 11 is 0. The Kier molecular flexibility index (Phi) is 2.69. The standard InChI is InChI=1S/C8H17NO/c1-3-9-6(2)8(10)7-4-5-7/h6-10H,3-5H2,1-2H3. The van der Waals surface area contributed by atoms with Gasteiger partial charge in [0.1, 0.15) is 0 Å². The molecule has 2 heteroatoms. The molecule has 0 bridgehead atoms. The molecule has 2 unspecified atom stereocenters. The highest BCUT2D eigenvalue weighted by Crippen LogP contribution is 2.33. The predicted octanol–water partition coefficient (Wildman–Crippen LogP) is 0.755. The Hall–Kier alpha value is -0.0800. The van der Waals surface area contributed by atoms with Crippen molar-refractivity contribution in [3.8, 4) is 0 Å². The minimum Gasteiger partial charge on any atom is -0.391 e. The second-order valence-electron chi connectivity index (χ2n) is 3.17. The van der Waals surface area contributed by atoms with Crippen molar-refractivity contribution in [2.45, 2.75) is 38.8 Å². The largest absolute Gasteiger partial charge is 0.391 e. The first-order chi connectivity index (χ1) is 4.75. The Labute approximate surface area is 62.6 Å². The van der Waals surface area contributed by atoms with E-state index in [2.05, 4.69) is 12.2 Å². The van der Waals surface area contributed by atoms with Gasteiger partial charge in [-0.3, -0.25) is 0 Å². The lowest BCUT2D eigenvalue weighted by molar-refractivity contribution is 0.114. The first-order valence-corrected chi connectivity index (χ1v) is 4.17. The second kappa shape index (κ2) is 3.35. The van der Waals surface area contributed by atoms with Crippen LogP contribution in [0.4, 0.5) is 0 Å². The van der Waals surface area contributed by atoms with Crippen molar-refractivity contribution < 1.29 is 5.11 Å². The molecule has 0 amide bonds. The summed E-state index contributed by atoms with van der Waals surface area (Å²) in [5.41, 5.74) is 0. The fraction of sp³-hybridized carbons (Fsp3) is 1.00. The van der Waals surface area contributed by atoms with Gasteiger partial charge in [0.25, 0.3) is 0 Å². The maximum absolute atomic E-state index is 9.53. The number of likely N-dealkylation sites (N-methyl/N-ethyl adjacent to an activating group) is 1. The first-order valence-electron chi connectivity index (χ1n) is 4.17. The minimum absolute atomic E-state index is 0.111. The Balaban J connectivity index is 2.17. The average molecular weight is 143 g/mol. The summed E-state index contributed by atoms with van der Waals surface area (Å²) < 4.78 is 0. The molecule has 10 heavy (non-hydrogen) atoms. The number of hydrogen-bond donors (Lipinski definition) is 2. The van der Waals surface area contributed by atoms with Crippen LogP contribution in [0.15, 0.2) is 0 Å². The molecular weight excluding hydrogens is 126 g/mol. The molecule has 2 nitrogen and oxygen atoms in total. The van der Waals surface area contributed by atoms with Gasteiger partial charge in [-0.25, -0.2) is 0 Å². The normalized spacial score (nSPS) is 24.3. The summed E-state index contributed by atoms with van der Waals surface area (Å²) in [6.07, 6.45) is 2.33. The van der Waals surface area contributed by atoms with Gasteiger partial charge in [-0.05, 0) is 32.2 Å². The summed E-state index contributed by atoms with van der Waals surface area (Å²) in [5.74, 6) is 0.592. The van der Waals surface area contributed by atoms with Crippen molar-refractivity contribution in [2.75, 3.05) is 6.54 Å². The van der Waals surface area contributed by atoms with Gasteiger partial charge in [-0.15, -0.1) is 0 Å². The third-order valence-electron chi connectivity index (χ3n) is 2.14. The van der Waals surface area contributed by atoms with E-state index in [0.29, 0.717) is 5.92 Å². The van der Waals surface area contributed by atoms with Crippen LogP contribution in [0, 0.1) is 5.92 Å². The minimum atomic E-state index is -0.111. The molecule has 1 saturated carbocycles. The van der Waals surface area contributed by atoms with E-state index in [1.165, 1.54) is 12.8 Å². The predicted molar refractivity (Wildman–Crippen MR) is 41.9 cm³/mol. The van der Waals surface area contributed by atoms with Gasteiger partial charge in [-0.2, -0.15) is 0 Å². The van der Waals surface area contributed by atoms with Crippen molar-refractivity contribution in [1.29, 1.82) is 0 Å². The third kappa shape index (κ3) is 1.96. The van der Waals surface area contributed by atoms with E-state index in [4.69, 9.17) is 0 Å². The molecular formula is C8H17NO.